The van der Waals surface area contributed by atoms with Crippen LogP contribution in [0.2, 0.25) is 0 Å². The highest BCUT2D eigenvalue weighted by Gasteiger charge is 2.20. The molecule has 0 saturated heterocycles. The van der Waals surface area contributed by atoms with Crippen molar-refractivity contribution in [3.8, 4) is 0 Å². The lowest BCUT2D eigenvalue weighted by molar-refractivity contribution is 0.0906. The van der Waals surface area contributed by atoms with Crippen LogP contribution in [0.1, 0.15) is 36.2 Å². The largest absolute Gasteiger partial charge is 0.393 e. The first-order valence-electron chi connectivity index (χ1n) is 5.92. The van der Waals surface area contributed by atoms with Gasteiger partial charge in [-0.3, -0.25) is 9.89 Å². The van der Waals surface area contributed by atoms with Gasteiger partial charge < -0.3 is 16.2 Å². The Kier molecular flexibility index (Phi) is 3.63. The van der Waals surface area contributed by atoms with E-state index in [1.54, 1.807) is 0 Å². The van der Waals surface area contributed by atoms with Crippen LogP contribution in [0.3, 0.4) is 0 Å². The predicted octanol–water partition coefficient (Wildman–Crippen LogP) is 0.273. The number of carbonyl (C=O) groups excluding carboxylic acids is 1. The number of aromatic amines is 1. The van der Waals surface area contributed by atoms with E-state index in [-0.39, 0.29) is 12.0 Å². The number of aliphatic hydroxyl groups is 1. The monoisotopic (exact) mass is 238 g/mol. The Morgan fingerprint density at radius 1 is 1.53 bits per heavy atom. The summed E-state index contributed by atoms with van der Waals surface area (Å²) in [5, 5.41) is 18.5. The summed E-state index contributed by atoms with van der Waals surface area (Å²) in [6.07, 6.45) is 3.43. The highest BCUT2D eigenvalue weighted by atomic mass is 16.3. The summed E-state index contributed by atoms with van der Waals surface area (Å²) in [6.45, 7) is 0.643. The zero-order chi connectivity index (χ0) is 12.3. The van der Waals surface area contributed by atoms with Gasteiger partial charge in [-0.1, -0.05) is 0 Å². The molecule has 2 rings (SSSR count). The molecule has 1 heterocycles. The molecule has 1 saturated carbocycles. The molecule has 0 bridgehead atoms. The number of amides is 1. The van der Waals surface area contributed by atoms with E-state index in [1.807, 2.05) is 0 Å². The molecule has 94 valence electrons. The number of carbonyl (C=O) groups is 1. The minimum atomic E-state index is -0.180. The maximum atomic E-state index is 11.7. The number of nitrogen functional groups attached to an aromatic ring is 1. The van der Waals surface area contributed by atoms with Crippen molar-refractivity contribution in [3.05, 3.63) is 11.8 Å². The fraction of sp³-hybridized carbons (Fsp3) is 0.636. The van der Waals surface area contributed by atoms with Crippen LogP contribution in [0.4, 0.5) is 5.82 Å². The zero-order valence-corrected chi connectivity index (χ0v) is 9.65. The fourth-order valence-corrected chi connectivity index (χ4v) is 2.13. The molecular formula is C11H18N4O2. The number of nitrogens with zero attached hydrogens (tertiary/aromatic N) is 1. The normalized spacial score (nSPS) is 24.5. The number of anilines is 1. The molecule has 0 aromatic carbocycles. The van der Waals surface area contributed by atoms with Gasteiger partial charge in [-0.15, -0.1) is 0 Å². The Balaban J connectivity index is 1.76. The van der Waals surface area contributed by atoms with Crippen molar-refractivity contribution >= 4 is 11.7 Å². The van der Waals surface area contributed by atoms with Gasteiger partial charge in [0, 0.05) is 12.6 Å². The van der Waals surface area contributed by atoms with Crippen LogP contribution in [0.15, 0.2) is 6.07 Å². The number of hydrogen-bond acceptors (Lipinski definition) is 4. The van der Waals surface area contributed by atoms with E-state index in [1.165, 1.54) is 6.07 Å². The maximum Gasteiger partial charge on any atom is 0.269 e. The average Bonchev–Trinajstić information content (AvgIpc) is 2.75. The quantitative estimate of drug-likeness (QED) is 0.606. The third-order valence-corrected chi connectivity index (χ3v) is 3.21. The van der Waals surface area contributed by atoms with Gasteiger partial charge in [0.1, 0.15) is 11.5 Å². The third kappa shape index (κ3) is 3.20. The molecule has 5 N–H and O–H groups in total. The first kappa shape index (κ1) is 11.9. The van der Waals surface area contributed by atoms with E-state index in [0.717, 1.165) is 25.7 Å². The molecule has 0 spiro atoms. The van der Waals surface area contributed by atoms with Crippen molar-refractivity contribution in [3.63, 3.8) is 0 Å². The second-order valence-corrected chi connectivity index (χ2v) is 4.59. The second kappa shape index (κ2) is 5.18. The van der Waals surface area contributed by atoms with Gasteiger partial charge in [-0.25, -0.2) is 0 Å². The summed E-state index contributed by atoms with van der Waals surface area (Å²) in [6, 6.07) is 1.51. The van der Waals surface area contributed by atoms with E-state index in [4.69, 9.17) is 5.73 Å². The van der Waals surface area contributed by atoms with Gasteiger partial charge in [0.2, 0.25) is 0 Å². The Morgan fingerprint density at radius 3 is 2.82 bits per heavy atom. The van der Waals surface area contributed by atoms with Gasteiger partial charge in [0.25, 0.3) is 5.91 Å². The van der Waals surface area contributed by atoms with Crippen LogP contribution in [0, 0.1) is 5.92 Å². The molecule has 1 amide bonds. The molecule has 0 unspecified atom stereocenters. The summed E-state index contributed by atoms with van der Waals surface area (Å²) in [5.74, 6) is 0.596. The van der Waals surface area contributed by atoms with Crippen molar-refractivity contribution < 1.29 is 9.90 Å². The lowest BCUT2D eigenvalue weighted by atomic mass is 9.87. The van der Waals surface area contributed by atoms with Gasteiger partial charge in [-0.05, 0) is 31.6 Å². The Hall–Kier alpha value is -1.56. The summed E-state index contributed by atoms with van der Waals surface area (Å²) < 4.78 is 0. The lowest BCUT2D eigenvalue weighted by Crippen LogP contribution is -2.32. The lowest BCUT2D eigenvalue weighted by Gasteiger charge is -2.25. The second-order valence-electron chi connectivity index (χ2n) is 4.59. The van der Waals surface area contributed by atoms with E-state index < -0.39 is 0 Å². The number of H-pyrrole nitrogens is 1. The number of aromatic nitrogens is 2. The standard InChI is InChI=1S/C11H18N4O2/c12-10-5-9(14-15-10)11(17)13-6-7-1-3-8(16)4-2-7/h5,7-8,16H,1-4,6H2,(H,13,17)(H3,12,14,15). The van der Waals surface area contributed by atoms with Crippen molar-refractivity contribution in [1.29, 1.82) is 0 Å². The molecule has 1 aromatic heterocycles. The maximum absolute atomic E-state index is 11.7. The molecule has 6 nitrogen and oxygen atoms in total. The van der Waals surface area contributed by atoms with E-state index >= 15 is 0 Å². The Bertz CT molecular complexity index is 383. The summed E-state index contributed by atoms with van der Waals surface area (Å²) in [5.41, 5.74) is 5.81. The van der Waals surface area contributed by atoms with Gasteiger partial charge in [0.05, 0.1) is 6.10 Å². The minimum Gasteiger partial charge on any atom is -0.393 e. The van der Waals surface area contributed by atoms with Crippen LogP contribution in [0.5, 0.6) is 0 Å². The Labute approximate surface area is 99.6 Å². The van der Waals surface area contributed by atoms with Crippen LogP contribution >= 0.6 is 0 Å². The molecule has 0 radical (unpaired) electrons. The Morgan fingerprint density at radius 2 is 2.24 bits per heavy atom. The van der Waals surface area contributed by atoms with E-state index in [2.05, 4.69) is 15.5 Å². The number of nitrogens with two attached hydrogens (primary N) is 1. The molecule has 1 aliphatic rings. The molecular weight excluding hydrogens is 220 g/mol. The number of nitrogens with one attached hydrogen (secondary N) is 2. The molecule has 17 heavy (non-hydrogen) atoms. The van der Waals surface area contributed by atoms with Gasteiger partial charge in [-0.2, -0.15) is 5.10 Å². The predicted molar refractivity (Wildman–Crippen MR) is 63.3 cm³/mol. The van der Waals surface area contributed by atoms with Crippen LogP contribution in [-0.2, 0) is 0 Å². The van der Waals surface area contributed by atoms with E-state index in [9.17, 15) is 9.90 Å². The highest BCUT2D eigenvalue weighted by molar-refractivity contribution is 5.92. The smallest absolute Gasteiger partial charge is 0.269 e. The van der Waals surface area contributed by atoms with E-state index in [0.29, 0.717) is 24.0 Å². The summed E-state index contributed by atoms with van der Waals surface area (Å²) in [7, 11) is 0. The number of rotatable bonds is 3. The van der Waals surface area contributed by atoms with Crippen LogP contribution < -0.4 is 11.1 Å². The van der Waals surface area contributed by atoms with Crippen molar-refractivity contribution in [2.75, 3.05) is 12.3 Å². The fourth-order valence-electron chi connectivity index (χ4n) is 2.13. The van der Waals surface area contributed by atoms with Gasteiger partial charge in [0.15, 0.2) is 0 Å². The molecule has 1 aromatic rings. The SMILES string of the molecule is Nc1cc(C(=O)NCC2CCC(O)CC2)[nH]n1. The molecule has 1 aliphatic carbocycles. The molecule has 0 aliphatic heterocycles. The number of aliphatic hydroxyl groups excluding tert-OH is 1. The molecule has 6 heteroatoms. The van der Waals surface area contributed by atoms with Crippen LogP contribution in [0.25, 0.3) is 0 Å². The van der Waals surface area contributed by atoms with Gasteiger partial charge >= 0.3 is 0 Å². The third-order valence-electron chi connectivity index (χ3n) is 3.21. The molecule has 1 fully saturated rings. The highest BCUT2D eigenvalue weighted by Crippen LogP contribution is 2.23. The minimum absolute atomic E-state index is 0.158. The molecule has 0 atom stereocenters. The average molecular weight is 238 g/mol. The van der Waals surface area contributed by atoms with Crippen molar-refractivity contribution in [2.45, 2.75) is 31.8 Å². The zero-order valence-electron chi connectivity index (χ0n) is 9.65. The van der Waals surface area contributed by atoms with Crippen LogP contribution in [-0.4, -0.2) is 33.9 Å². The van der Waals surface area contributed by atoms with Crippen molar-refractivity contribution in [1.82, 2.24) is 15.5 Å². The van der Waals surface area contributed by atoms with Crippen molar-refractivity contribution in [2.24, 2.45) is 5.92 Å². The summed E-state index contributed by atoms with van der Waals surface area (Å²) in [4.78, 5) is 11.7. The first-order valence-corrected chi connectivity index (χ1v) is 5.92. The summed E-state index contributed by atoms with van der Waals surface area (Å²) >= 11 is 0. The number of hydrogen-bond donors (Lipinski definition) is 4. The topological polar surface area (TPSA) is 104 Å². The first-order chi connectivity index (χ1) is 8.15.